The van der Waals surface area contributed by atoms with E-state index in [1.165, 1.54) is 12.1 Å². The molecule has 27 heavy (non-hydrogen) atoms. The van der Waals surface area contributed by atoms with E-state index in [0.717, 1.165) is 18.4 Å². The van der Waals surface area contributed by atoms with Gasteiger partial charge in [-0.3, -0.25) is 9.59 Å². The SMILES string of the molecule is CC(C)(C(=O)Nc1ccc2c(c1)NC(=O)CCC2)c1ccc(C#N)c(F)c1. The van der Waals surface area contributed by atoms with Crippen molar-refractivity contribution >= 4 is 23.2 Å². The van der Waals surface area contributed by atoms with Crippen molar-refractivity contribution in [3.8, 4) is 6.07 Å². The molecule has 3 rings (SSSR count). The normalized spacial score (nSPS) is 13.8. The van der Waals surface area contributed by atoms with Gasteiger partial charge < -0.3 is 10.6 Å². The van der Waals surface area contributed by atoms with Crippen molar-refractivity contribution in [2.24, 2.45) is 0 Å². The lowest BCUT2D eigenvalue weighted by Crippen LogP contribution is -2.34. The summed E-state index contributed by atoms with van der Waals surface area (Å²) >= 11 is 0. The maximum Gasteiger partial charge on any atom is 0.234 e. The standard InChI is InChI=1S/C21H20FN3O2/c1-21(2,15-8-6-14(12-23)17(22)10-15)20(27)24-16-9-7-13-4-3-5-19(26)25-18(13)11-16/h6-11H,3-5H2,1-2H3,(H,24,27)(H,25,26). The van der Waals surface area contributed by atoms with E-state index in [4.69, 9.17) is 5.26 Å². The Morgan fingerprint density at radius 2 is 2.00 bits per heavy atom. The van der Waals surface area contributed by atoms with Crippen molar-refractivity contribution in [2.75, 3.05) is 10.6 Å². The van der Waals surface area contributed by atoms with Gasteiger partial charge in [0.15, 0.2) is 0 Å². The van der Waals surface area contributed by atoms with E-state index >= 15 is 0 Å². The van der Waals surface area contributed by atoms with E-state index in [0.29, 0.717) is 23.4 Å². The van der Waals surface area contributed by atoms with Crippen molar-refractivity contribution in [2.45, 2.75) is 38.5 Å². The van der Waals surface area contributed by atoms with Crippen LogP contribution in [0.4, 0.5) is 15.8 Å². The Hall–Kier alpha value is -3.20. The van der Waals surface area contributed by atoms with Gasteiger partial charge in [0.25, 0.3) is 0 Å². The summed E-state index contributed by atoms with van der Waals surface area (Å²) in [6, 6.07) is 11.4. The number of nitriles is 1. The average Bonchev–Trinajstić information content (AvgIpc) is 2.81. The molecule has 0 fully saturated rings. The van der Waals surface area contributed by atoms with Crippen LogP contribution in [0.5, 0.6) is 0 Å². The van der Waals surface area contributed by atoms with Crippen LogP contribution in [0.2, 0.25) is 0 Å². The minimum absolute atomic E-state index is 0.0365. The zero-order valence-electron chi connectivity index (χ0n) is 15.2. The number of halogens is 1. The van der Waals surface area contributed by atoms with Gasteiger partial charge in [-0.25, -0.2) is 4.39 Å². The Balaban J connectivity index is 1.83. The molecule has 0 saturated heterocycles. The first kappa shape index (κ1) is 18.6. The molecule has 0 aromatic heterocycles. The lowest BCUT2D eigenvalue weighted by atomic mass is 9.83. The molecule has 0 radical (unpaired) electrons. The number of carbonyl (C=O) groups is 2. The predicted octanol–water partition coefficient (Wildman–Crippen LogP) is 3.89. The Morgan fingerprint density at radius 1 is 1.22 bits per heavy atom. The minimum atomic E-state index is -1.01. The second kappa shape index (κ2) is 7.20. The molecule has 138 valence electrons. The van der Waals surface area contributed by atoms with Crippen LogP contribution in [0.1, 0.15) is 43.4 Å². The number of hydrogen-bond acceptors (Lipinski definition) is 3. The van der Waals surface area contributed by atoms with Gasteiger partial charge in [0.1, 0.15) is 11.9 Å². The molecule has 0 atom stereocenters. The molecule has 0 spiro atoms. The minimum Gasteiger partial charge on any atom is -0.326 e. The fourth-order valence-corrected chi connectivity index (χ4v) is 3.05. The van der Waals surface area contributed by atoms with Gasteiger partial charge in [-0.1, -0.05) is 12.1 Å². The van der Waals surface area contributed by atoms with Gasteiger partial charge in [0, 0.05) is 17.8 Å². The second-order valence-corrected chi connectivity index (χ2v) is 7.16. The lowest BCUT2D eigenvalue weighted by Gasteiger charge is -2.24. The van der Waals surface area contributed by atoms with E-state index in [2.05, 4.69) is 10.6 Å². The number of aryl methyl sites for hydroxylation is 1. The molecule has 1 aliphatic rings. The molecule has 1 heterocycles. The van der Waals surface area contributed by atoms with Crippen LogP contribution in [0.25, 0.3) is 0 Å². The lowest BCUT2D eigenvalue weighted by molar-refractivity contribution is -0.120. The van der Waals surface area contributed by atoms with Crippen LogP contribution in [-0.4, -0.2) is 11.8 Å². The van der Waals surface area contributed by atoms with Crippen LogP contribution in [0, 0.1) is 17.1 Å². The van der Waals surface area contributed by atoms with Crippen LogP contribution < -0.4 is 10.6 Å². The predicted molar refractivity (Wildman–Crippen MR) is 101 cm³/mol. The first-order valence-corrected chi connectivity index (χ1v) is 8.75. The van der Waals surface area contributed by atoms with E-state index in [1.807, 2.05) is 6.07 Å². The highest BCUT2D eigenvalue weighted by Crippen LogP contribution is 2.29. The van der Waals surface area contributed by atoms with Gasteiger partial charge in [0.05, 0.1) is 11.0 Å². The fraction of sp³-hybridized carbons (Fsp3) is 0.286. The molecule has 0 saturated carbocycles. The summed E-state index contributed by atoms with van der Waals surface area (Å²) in [6.07, 6.45) is 2.08. The van der Waals surface area contributed by atoms with Crippen molar-refractivity contribution in [1.29, 1.82) is 5.26 Å². The Morgan fingerprint density at radius 3 is 2.70 bits per heavy atom. The number of anilines is 2. The van der Waals surface area contributed by atoms with E-state index in [9.17, 15) is 14.0 Å². The molecule has 6 heteroatoms. The zero-order chi connectivity index (χ0) is 19.6. The van der Waals surface area contributed by atoms with Crippen LogP contribution >= 0.6 is 0 Å². The van der Waals surface area contributed by atoms with Crippen molar-refractivity contribution in [1.82, 2.24) is 0 Å². The molecule has 2 aromatic carbocycles. The van der Waals surface area contributed by atoms with Crippen LogP contribution in [0.3, 0.4) is 0 Å². The fourth-order valence-electron chi connectivity index (χ4n) is 3.05. The van der Waals surface area contributed by atoms with Gasteiger partial charge in [-0.15, -0.1) is 0 Å². The molecule has 2 aromatic rings. The number of nitrogens with one attached hydrogen (secondary N) is 2. The van der Waals surface area contributed by atoms with Gasteiger partial charge in [0.2, 0.25) is 11.8 Å². The van der Waals surface area contributed by atoms with Gasteiger partial charge in [-0.2, -0.15) is 5.26 Å². The summed E-state index contributed by atoms with van der Waals surface area (Å²) in [4.78, 5) is 24.6. The maximum absolute atomic E-state index is 13.9. The van der Waals surface area contributed by atoms with Crippen LogP contribution in [-0.2, 0) is 21.4 Å². The molecule has 1 aliphatic heterocycles. The largest absolute Gasteiger partial charge is 0.326 e. The topological polar surface area (TPSA) is 82.0 Å². The molecule has 0 unspecified atom stereocenters. The molecule has 0 bridgehead atoms. The van der Waals surface area contributed by atoms with Gasteiger partial charge >= 0.3 is 0 Å². The van der Waals surface area contributed by atoms with Crippen molar-refractivity contribution in [3.63, 3.8) is 0 Å². The quantitative estimate of drug-likeness (QED) is 0.866. The molecule has 0 aliphatic carbocycles. The number of fused-ring (bicyclic) bond motifs is 1. The van der Waals surface area contributed by atoms with Crippen molar-refractivity contribution in [3.05, 3.63) is 58.9 Å². The molecule has 2 amide bonds. The number of hydrogen-bond donors (Lipinski definition) is 2. The number of amides is 2. The third-order valence-electron chi connectivity index (χ3n) is 4.87. The monoisotopic (exact) mass is 365 g/mol. The summed E-state index contributed by atoms with van der Waals surface area (Å²) in [6.45, 7) is 3.38. The summed E-state index contributed by atoms with van der Waals surface area (Å²) in [5.41, 5.74) is 1.70. The summed E-state index contributed by atoms with van der Waals surface area (Å²) in [5.74, 6) is -0.999. The Bertz CT molecular complexity index is 960. The van der Waals surface area contributed by atoms with E-state index in [-0.39, 0.29) is 17.4 Å². The second-order valence-electron chi connectivity index (χ2n) is 7.16. The molecule has 2 N–H and O–H groups in total. The van der Waals surface area contributed by atoms with Gasteiger partial charge in [-0.05, 0) is 62.1 Å². The Kier molecular flexibility index (Phi) is 4.95. The average molecular weight is 365 g/mol. The number of benzene rings is 2. The third kappa shape index (κ3) is 3.82. The van der Waals surface area contributed by atoms with Crippen LogP contribution in [0.15, 0.2) is 36.4 Å². The van der Waals surface area contributed by atoms with E-state index in [1.54, 1.807) is 38.1 Å². The number of carbonyl (C=O) groups excluding carboxylic acids is 2. The first-order valence-electron chi connectivity index (χ1n) is 8.75. The molecular weight excluding hydrogens is 345 g/mol. The van der Waals surface area contributed by atoms with Crippen molar-refractivity contribution < 1.29 is 14.0 Å². The first-order chi connectivity index (χ1) is 12.8. The summed E-state index contributed by atoms with van der Waals surface area (Å²) in [7, 11) is 0. The molecule has 5 nitrogen and oxygen atoms in total. The summed E-state index contributed by atoms with van der Waals surface area (Å²) < 4.78 is 13.9. The van der Waals surface area contributed by atoms with E-state index < -0.39 is 11.2 Å². The highest BCUT2D eigenvalue weighted by molar-refractivity contribution is 6.00. The highest BCUT2D eigenvalue weighted by atomic mass is 19.1. The maximum atomic E-state index is 13.9. The number of rotatable bonds is 3. The third-order valence-corrected chi connectivity index (χ3v) is 4.87. The Labute approximate surface area is 157 Å². The highest BCUT2D eigenvalue weighted by Gasteiger charge is 2.31. The zero-order valence-corrected chi connectivity index (χ0v) is 15.2. The summed E-state index contributed by atoms with van der Waals surface area (Å²) in [5, 5.41) is 14.5. The number of nitrogens with zero attached hydrogens (tertiary/aromatic N) is 1. The smallest absolute Gasteiger partial charge is 0.234 e. The molecular formula is C21H20FN3O2.